The lowest BCUT2D eigenvalue weighted by Crippen LogP contribution is -2.25. The first kappa shape index (κ1) is 9.28. The van der Waals surface area contributed by atoms with Crippen molar-refractivity contribution in [2.24, 2.45) is 5.92 Å². The van der Waals surface area contributed by atoms with Crippen molar-refractivity contribution < 1.29 is 9.53 Å². The Morgan fingerprint density at radius 1 is 1.47 bits per heavy atom. The highest BCUT2D eigenvalue weighted by Crippen LogP contribution is 2.63. The maximum atomic E-state index is 12.0. The monoisotopic (exact) mass is 227 g/mol. The Bertz CT molecular complexity index is 576. The number of fused-ring (bicyclic) bond motifs is 1. The number of benzene rings is 1. The maximum absolute atomic E-state index is 12.0. The number of hydrogen-bond donors (Lipinski definition) is 1. The number of ketones is 1. The first-order chi connectivity index (χ1) is 8.25. The largest absolute Gasteiger partial charge is 0.497 e. The van der Waals surface area contributed by atoms with Crippen LogP contribution < -0.4 is 10.1 Å². The maximum Gasteiger partial charge on any atom is 0.187 e. The van der Waals surface area contributed by atoms with E-state index in [2.05, 4.69) is 5.32 Å². The lowest BCUT2D eigenvalue weighted by molar-refractivity contribution is 0.104. The van der Waals surface area contributed by atoms with Crippen LogP contribution in [0.15, 0.2) is 30.0 Å². The Morgan fingerprint density at radius 2 is 2.35 bits per heavy atom. The van der Waals surface area contributed by atoms with Gasteiger partial charge in [-0.1, -0.05) is 0 Å². The summed E-state index contributed by atoms with van der Waals surface area (Å²) in [6.45, 7) is 0.996. The molecule has 0 amide bonds. The van der Waals surface area contributed by atoms with Crippen LogP contribution >= 0.6 is 0 Å². The second-order valence-corrected chi connectivity index (χ2v) is 5.09. The van der Waals surface area contributed by atoms with Crippen molar-refractivity contribution in [3.63, 3.8) is 0 Å². The highest BCUT2D eigenvalue weighted by atomic mass is 16.5. The fourth-order valence-electron chi connectivity index (χ4n) is 3.39. The van der Waals surface area contributed by atoms with Gasteiger partial charge in [-0.25, -0.2) is 0 Å². The van der Waals surface area contributed by atoms with Gasteiger partial charge in [0, 0.05) is 29.3 Å². The van der Waals surface area contributed by atoms with E-state index in [1.165, 1.54) is 6.42 Å². The van der Waals surface area contributed by atoms with Crippen LogP contribution in [0, 0.1) is 5.92 Å². The number of allylic oxidation sites excluding steroid dienone is 2. The summed E-state index contributed by atoms with van der Waals surface area (Å²) in [5, 5.41) is 3.36. The first-order valence-electron chi connectivity index (χ1n) is 5.94. The number of hydrogen-bond acceptors (Lipinski definition) is 3. The average Bonchev–Trinajstić information content (AvgIpc) is 2.98. The number of carbonyl (C=O) groups is 1. The molecule has 3 heteroatoms. The Hall–Kier alpha value is -1.77. The third-order valence-corrected chi connectivity index (χ3v) is 4.37. The summed E-state index contributed by atoms with van der Waals surface area (Å²) in [7, 11) is 1.66. The summed E-state index contributed by atoms with van der Waals surface area (Å²) in [4.78, 5) is 12.0. The van der Waals surface area contributed by atoms with Gasteiger partial charge in [0.05, 0.1) is 7.11 Å². The van der Waals surface area contributed by atoms with Crippen LogP contribution in [-0.2, 0) is 5.41 Å². The van der Waals surface area contributed by atoms with Gasteiger partial charge in [-0.15, -0.1) is 0 Å². The normalized spacial score (nSPS) is 31.9. The molecule has 1 saturated carbocycles. The Labute approximate surface area is 99.5 Å². The zero-order valence-electron chi connectivity index (χ0n) is 9.62. The van der Waals surface area contributed by atoms with Gasteiger partial charge in [-0.3, -0.25) is 4.79 Å². The van der Waals surface area contributed by atoms with Crippen LogP contribution in [-0.4, -0.2) is 19.4 Å². The fraction of sp³-hybridized carbons (Fsp3) is 0.357. The van der Waals surface area contributed by atoms with Crippen LogP contribution in [0.4, 0.5) is 0 Å². The fourth-order valence-corrected chi connectivity index (χ4v) is 3.39. The van der Waals surface area contributed by atoms with Gasteiger partial charge in [0.15, 0.2) is 5.78 Å². The molecule has 1 spiro atoms. The second-order valence-electron chi connectivity index (χ2n) is 5.09. The molecule has 3 aliphatic rings. The van der Waals surface area contributed by atoms with E-state index in [-0.39, 0.29) is 11.2 Å². The molecule has 1 aromatic carbocycles. The van der Waals surface area contributed by atoms with Gasteiger partial charge < -0.3 is 10.1 Å². The molecule has 1 saturated heterocycles. The molecular weight excluding hydrogens is 214 g/mol. The topological polar surface area (TPSA) is 38.3 Å². The minimum absolute atomic E-state index is 0.109. The summed E-state index contributed by atoms with van der Waals surface area (Å²) in [5.74, 6) is 1.61. The van der Waals surface area contributed by atoms with Gasteiger partial charge in [-0.2, -0.15) is 0 Å². The van der Waals surface area contributed by atoms with Crippen molar-refractivity contribution in [1.29, 1.82) is 0 Å². The zero-order chi connectivity index (χ0) is 11.6. The lowest BCUT2D eigenvalue weighted by atomic mass is 9.81. The van der Waals surface area contributed by atoms with E-state index in [1.54, 1.807) is 13.2 Å². The Balaban J connectivity index is 1.98. The number of piperidine rings is 1. The minimum atomic E-state index is 0.109. The van der Waals surface area contributed by atoms with E-state index in [0.717, 1.165) is 29.1 Å². The number of methoxy groups -OCH3 is 1. The third-order valence-electron chi connectivity index (χ3n) is 4.37. The number of rotatable bonds is 1. The highest BCUT2D eigenvalue weighted by molar-refractivity contribution is 6.08. The summed E-state index contributed by atoms with van der Waals surface area (Å²) < 4.78 is 5.28. The van der Waals surface area contributed by atoms with Crippen molar-refractivity contribution in [3.05, 3.63) is 41.1 Å². The van der Waals surface area contributed by atoms with Gasteiger partial charge in [-0.05, 0) is 36.1 Å². The van der Waals surface area contributed by atoms with Crippen molar-refractivity contribution in [2.75, 3.05) is 13.7 Å². The van der Waals surface area contributed by atoms with Crippen molar-refractivity contribution in [1.82, 2.24) is 5.32 Å². The van der Waals surface area contributed by atoms with Gasteiger partial charge in [0.2, 0.25) is 0 Å². The van der Waals surface area contributed by atoms with Crippen LogP contribution in [0.5, 0.6) is 5.75 Å². The molecule has 1 N–H and O–H groups in total. The SMILES string of the molecule is COc1ccc2c(c1)[C@@]13C[C@@H]1CNC3=CC2=O. The molecule has 1 aliphatic heterocycles. The molecule has 4 rings (SSSR count). The number of ether oxygens (including phenoxy) is 1. The molecule has 2 aliphatic carbocycles. The predicted molar refractivity (Wildman–Crippen MR) is 63.2 cm³/mol. The van der Waals surface area contributed by atoms with E-state index in [4.69, 9.17) is 4.74 Å². The highest BCUT2D eigenvalue weighted by Gasteiger charge is 2.63. The average molecular weight is 227 g/mol. The predicted octanol–water partition coefficient (Wildman–Crippen LogP) is 1.64. The second kappa shape index (κ2) is 2.73. The molecule has 86 valence electrons. The van der Waals surface area contributed by atoms with E-state index in [9.17, 15) is 4.79 Å². The molecule has 0 unspecified atom stereocenters. The number of carbonyl (C=O) groups excluding carboxylic acids is 1. The van der Waals surface area contributed by atoms with Crippen molar-refractivity contribution in [2.45, 2.75) is 11.8 Å². The molecule has 17 heavy (non-hydrogen) atoms. The number of nitrogens with one attached hydrogen (secondary N) is 1. The van der Waals surface area contributed by atoms with Crippen LogP contribution in [0.3, 0.4) is 0 Å². The third kappa shape index (κ3) is 0.954. The van der Waals surface area contributed by atoms with Crippen LogP contribution in [0.2, 0.25) is 0 Å². The summed E-state index contributed by atoms with van der Waals surface area (Å²) in [6.07, 6.45) is 2.95. The molecule has 0 bridgehead atoms. The van der Waals surface area contributed by atoms with Crippen LogP contribution in [0.25, 0.3) is 0 Å². The molecular formula is C14H13NO2. The Kier molecular flexibility index (Phi) is 1.49. The van der Waals surface area contributed by atoms with Crippen molar-refractivity contribution >= 4 is 5.78 Å². The summed E-state index contributed by atoms with van der Waals surface area (Å²) in [6, 6.07) is 5.80. The molecule has 2 atom stereocenters. The van der Waals surface area contributed by atoms with Gasteiger partial charge >= 0.3 is 0 Å². The zero-order valence-corrected chi connectivity index (χ0v) is 9.62. The molecule has 2 fully saturated rings. The van der Waals surface area contributed by atoms with Gasteiger partial charge in [0.25, 0.3) is 0 Å². The molecule has 0 aromatic heterocycles. The molecule has 3 nitrogen and oxygen atoms in total. The van der Waals surface area contributed by atoms with E-state index in [1.807, 2.05) is 18.2 Å². The lowest BCUT2D eigenvalue weighted by Gasteiger charge is -2.24. The van der Waals surface area contributed by atoms with Crippen molar-refractivity contribution in [3.8, 4) is 5.75 Å². The molecule has 1 aromatic rings. The van der Waals surface area contributed by atoms with E-state index in [0.29, 0.717) is 5.92 Å². The van der Waals surface area contributed by atoms with Crippen LogP contribution in [0.1, 0.15) is 22.3 Å². The summed E-state index contributed by atoms with van der Waals surface area (Å²) in [5.41, 5.74) is 3.24. The quantitative estimate of drug-likeness (QED) is 0.792. The standard InChI is InChI=1S/C14H13NO2/c1-17-9-2-3-10-11(4-9)14-6-8(14)7-15-13(14)5-12(10)16/h2-5,8,15H,6-7H2,1H3/t8-,14-/m1/s1. The van der Waals surface area contributed by atoms with Gasteiger partial charge in [0.1, 0.15) is 5.75 Å². The smallest absolute Gasteiger partial charge is 0.187 e. The van der Waals surface area contributed by atoms with E-state index < -0.39 is 0 Å². The summed E-state index contributed by atoms with van der Waals surface area (Å²) >= 11 is 0. The first-order valence-corrected chi connectivity index (χ1v) is 5.94. The minimum Gasteiger partial charge on any atom is -0.497 e. The molecule has 0 radical (unpaired) electrons. The van der Waals surface area contributed by atoms with E-state index >= 15 is 0 Å². The molecule has 1 heterocycles. The Morgan fingerprint density at radius 3 is 3.12 bits per heavy atom.